The maximum Gasteiger partial charge on any atom is 0.318 e. The van der Waals surface area contributed by atoms with Gasteiger partial charge in [-0.15, -0.1) is 0 Å². The van der Waals surface area contributed by atoms with Crippen LogP contribution in [-0.4, -0.2) is 104 Å². The van der Waals surface area contributed by atoms with E-state index >= 15 is 0 Å². The number of amides is 3. The van der Waals surface area contributed by atoms with Gasteiger partial charge < -0.3 is 24.9 Å². The smallest absolute Gasteiger partial charge is 0.318 e. The minimum atomic E-state index is -0.0643. The van der Waals surface area contributed by atoms with E-state index in [4.69, 9.17) is 0 Å². The molecule has 0 aromatic carbocycles. The molecule has 24 heavy (non-hydrogen) atoms. The molecule has 7 heteroatoms. The molecule has 1 N–H and O–H groups in total. The van der Waals surface area contributed by atoms with Gasteiger partial charge in [0, 0.05) is 51.4 Å². The molecule has 1 saturated carbocycles. The Hall–Kier alpha value is -1.34. The van der Waals surface area contributed by atoms with E-state index in [0.29, 0.717) is 19.1 Å². The van der Waals surface area contributed by atoms with Crippen LogP contribution < -0.4 is 5.32 Å². The number of nitrogens with one attached hydrogen (secondary N) is 1. The lowest BCUT2D eigenvalue weighted by molar-refractivity contribution is -0.135. The Kier molecular flexibility index (Phi) is 5.61. The van der Waals surface area contributed by atoms with E-state index in [2.05, 4.69) is 29.2 Å². The van der Waals surface area contributed by atoms with Crippen molar-refractivity contribution in [3.63, 3.8) is 0 Å². The van der Waals surface area contributed by atoms with Crippen molar-refractivity contribution in [1.29, 1.82) is 0 Å². The lowest BCUT2D eigenvalue weighted by atomic mass is 10.1. The molecule has 136 valence electrons. The zero-order valence-electron chi connectivity index (χ0n) is 15.0. The van der Waals surface area contributed by atoms with E-state index in [1.54, 1.807) is 4.90 Å². The topological polar surface area (TPSA) is 59.1 Å². The first kappa shape index (κ1) is 17.5. The second-order valence-electron chi connectivity index (χ2n) is 7.61. The molecule has 7 nitrogen and oxygen atoms in total. The summed E-state index contributed by atoms with van der Waals surface area (Å²) in [7, 11) is 4.19. The quantitative estimate of drug-likeness (QED) is 0.769. The van der Waals surface area contributed by atoms with E-state index in [9.17, 15) is 9.59 Å². The van der Waals surface area contributed by atoms with Crippen molar-refractivity contribution < 1.29 is 9.59 Å². The predicted molar refractivity (Wildman–Crippen MR) is 92.9 cm³/mol. The van der Waals surface area contributed by atoms with Gasteiger partial charge in [-0.3, -0.25) is 4.79 Å². The largest absolute Gasteiger partial charge is 0.336 e. The van der Waals surface area contributed by atoms with Gasteiger partial charge in [0.25, 0.3) is 0 Å². The molecule has 2 heterocycles. The van der Waals surface area contributed by atoms with E-state index in [-0.39, 0.29) is 24.5 Å². The number of rotatable bonds is 5. The Bertz CT molecular complexity index is 458. The molecule has 3 fully saturated rings. The van der Waals surface area contributed by atoms with Crippen LogP contribution in [0.3, 0.4) is 0 Å². The predicted octanol–water partition coefficient (Wildman–Crippen LogP) is 0.0286. The van der Waals surface area contributed by atoms with Gasteiger partial charge in [0.2, 0.25) is 5.91 Å². The van der Waals surface area contributed by atoms with Gasteiger partial charge in [0.15, 0.2) is 0 Å². The standard InChI is InChI=1S/C17H31N5O2/c1-19(2)9-10-20-7-5-14(6-8-20)18-17(24)21-11-12-22(15-3-4-15)16(23)13-21/h14-15H,3-13H2,1-2H3,(H,18,24). The normalized spacial score (nSPS) is 23.9. The molecular weight excluding hydrogens is 306 g/mol. The van der Waals surface area contributed by atoms with E-state index < -0.39 is 0 Å². The van der Waals surface area contributed by atoms with Crippen LogP contribution in [0.2, 0.25) is 0 Å². The van der Waals surface area contributed by atoms with Crippen LogP contribution in [0, 0.1) is 0 Å². The van der Waals surface area contributed by atoms with Crippen molar-refractivity contribution in [3.8, 4) is 0 Å². The van der Waals surface area contributed by atoms with Gasteiger partial charge >= 0.3 is 6.03 Å². The van der Waals surface area contributed by atoms with E-state index in [1.165, 1.54) is 0 Å². The van der Waals surface area contributed by atoms with Crippen LogP contribution in [0.1, 0.15) is 25.7 Å². The molecule has 1 aliphatic carbocycles. The van der Waals surface area contributed by atoms with Crippen LogP contribution in [0.5, 0.6) is 0 Å². The Morgan fingerprint density at radius 2 is 1.83 bits per heavy atom. The molecule has 3 amide bonds. The Labute approximate surface area is 144 Å². The molecule has 0 atom stereocenters. The summed E-state index contributed by atoms with van der Waals surface area (Å²) >= 11 is 0. The fourth-order valence-electron chi connectivity index (χ4n) is 3.54. The summed E-state index contributed by atoms with van der Waals surface area (Å²) in [5.74, 6) is 0.109. The molecular formula is C17H31N5O2. The lowest BCUT2D eigenvalue weighted by Crippen LogP contribution is -2.57. The van der Waals surface area contributed by atoms with Gasteiger partial charge in [0.05, 0.1) is 0 Å². The summed E-state index contributed by atoms with van der Waals surface area (Å²) in [4.78, 5) is 32.9. The van der Waals surface area contributed by atoms with Crippen molar-refractivity contribution >= 4 is 11.9 Å². The monoisotopic (exact) mass is 337 g/mol. The SMILES string of the molecule is CN(C)CCN1CCC(NC(=O)N2CCN(C3CC3)C(=O)C2)CC1. The van der Waals surface area contributed by atoms with Crippen LogP contribution in [0.15, 0.2) is 0 Å². The number of urea groups is 1. The highest BCUT2D eigenvalue weighted by Gasteiger charge is 2.37. The van der Waals surface area contributed by atoms with Gasteiger partial charge in [-0.05, 0) is 39.8 Å². The number of carbonyl (C=O) groups is 2. The van der Waals surface area contributed by atoms with Crippen molar-refractivity contribution in [3.05, 3.63) is 0 Å². The summed E-state index contributed by atoms with van der Waals surface area (Å²) in [5, 5.41) is 3.13. The summed E-state index contributed by atoms with van der Waals surface area (Å²) in [6.45, 7) is 5.83. The van der Waals surface area contributed by atoms with Gasteiger partial charge in [-0.25, -0.2) is 4.79 Å². The maximum atomic E-state index is 12.4. The first-order valence-electron chi connectivity index (χ1n) is 9.25. The highest BCUT2D eigenvalue weighted by Crippen LogP contribution is 2.28. The molecule has 0 aromatic rings. The Morgan fingerprint density at radius 1 is 1.12 bits per heavy atom. The molecule has 2 saturated heterocycles. The highest BCUT2D eigenvalue weighted by molar-refractivity contribution is 5.85. The second-order valence-corrected chi connectivity index (χ2v) is 7.61. The minimum Gasteiger partial charge on any atom is -0.336 e. The average Bonchev–Trinajstić information content (AvgIpc) is 3.39. The lowest BCUT2D eigenvalue weighted by Gasteiger charge is -2.37. The average molecular weight is 337 g/mol. The fourth-order valence-corrected chi connectivity index (χ4v) is 3.54. The van der Waals surface area contributed by atoms with Crippen LogP contribution in [0.25, 0.3) is 0 Å². The summed E-state index contributed by atoms with van der Waals surface area (Å²) in [6.07, 6.45) is 4.25. The number of piperidine rings is 1. The third-order valence-corrected chi connectivity index (χ3v) is 5.31. The van der Waals surface area contributed by atoms with Crippen molar-refractivity contribution in [2.75, 3.05) is 59.9 Å². The van der Waals surface area contributed by atoms with Crippen LogP contribution in [-0.2, 0) is 4.79 Å². The van der Waals surface area contributed by atoms with Crippen LogP contribution >= 0.6 is 0 Å². The molecule has 0 spiro atoms. The highest BCUT2D eigenvalue weighted by atomic mass is 16.2. The van der Waals surface area contributed by atoms with E-state index in [1.807, 2.05) is 4.90 Å². The van der Waals surface area contributed by atoms with Gasteiger partial charge in [-0.2, -0.15) is 0 Å². The maximum absolute atomic E-state index is 12.4. The third-order valence-electron chi connectivity index (χ3n) is 5.31. The van der Waals surface area contributed by atoms with Crippen molar-refractivity contribution in [2.24, 2.45) is 0 Å². The van der Waals surface area contributed by atoms with E-state index in [0.717, 1.165) is 51.9 Å². The molecule has 0 radical (unpaired) electrons. The second kappa shape index (κ2) is 7.70. The summed E-state index contributed by atoms with van der Waals surface area (Å²) < 4.78 is 0. The Balaban J connectivity index is 1.37. The first-order valence-corrected chi connectivity index (χ1v) is 9.25. The zero-order chi connectivity index (χ0) is 17.1. The first-order chi connectivity index (χ1) is 11.5. The molecule has 3 rings (SSSR count). The fraction of sp³-hybridized carbons (Fsp3) is 0.882. The number of carbonyl (C=O) groups excluding carboxylic acids is 2. The number of likely N-dealkylation sites (tertiary alicyclic amines) is 1. The molecule has 0 aromatic heterocycles. The minimum absolute atomic E-state index is 0.0643. The number of nitrogens with zero attached hydrogens (tertiary/aromatic N) is 4. The number of likely N-dealkylation sites (N-methyl/N-ethyl adjacent to an activating group) is 1. The Morgan fingerprint density at radius 3 is 2.42 bits per heavy atom. The molecule has 3 aliphatic rings. The van der Waals surface area contributed by atoms with Crippen molar-refractivity contribution in [1.82, 2.24) is 24.9 Å². The summed E-state index contributed by atoms with van der Waals surface area (Å²) in [5.41, 5.74) is 0. The number of hydrogen-bond acceptors (Lipinski definition) is 4. The van der Waals surface area contributed by atoms with Crippen LogP contribution in [0.4, 0.5) is 4.79 Å². The van der Waals surface area contributed by atoms with Gasteiger partial charge in [0.1, 0.15) is 6.54 Å². The summed E-state index contributed by atoms with van der Waals surface area (Å²) in [6, 6.07) is 0.629. The zero-order valence-corrected chi connectivity index (χ0v) is 15.0. The molecule has 0 unspecified atom stereocenters. The number of hydrogen-bond donors (Lipinski definition) is 1. The third kappa shape index (κ3) is 4.60. The molecule has 2 aliphatic heterocycles. The molecule has 0 bridgehead atoms. The number of piperazine rings is 1. The van der Waals surface area contributed by atoms with Gasteiger partial charge in [-0.1, -0.05) is 0 Å². The van der Waals surface area contributed by atoms with Crippen molar-refractivity contribution in [2.45, 2.75) is 37.8 Å².